The van der Waals surface area contributed by atoms with Gasteiger partial charge in [-0.2, -0.15) is 0 Å². The Hall–Kier alpha value is -0.530. The van der Waals surface area contributed by atoms with Crippen LogP contribution in [0.5, 0.6) is 0 Å². The largest absolute Gasteiger partial charge is 0.353 e. The molecule has 9 heavy (non-hydrogen) atoms. The zero-order valence-electron chi connectivity index (χ0n) is 5.98. The maximum absolute atomic E-state index is 10.7. The van der Waals surface area contributed by atoms with Crippen LogP contribution in [0.25, 0.3) is 0 Å². The molecule has 0 aromatic rings. The van der Waals surface area contributed by atoms with Crippen molar-refractivity contribution in [2.75, 3.05) is 0 Å². The Morgan fingerprint density at radius 1 is 1.67 bits per heavy atom. The fourth-order valence-electron chi connectivity index (χ4n) is 1.25. The second kappa shape index (κ2) is 2.38. The number of hydrogen-bond acceptors (Lipinski definition) is 1. The second-order valence-corrected chi connectivity index (χ2v) is 2.69. The van der Waals surface area contributed by atoms with E-state index in [-0.39, 0.29) is 5.91 Å². The summed E-state index contributed by atoms with van der Waals surface area (Å²) >= 11 is 0. The molecule has 2 heteroatoms. The van der Waals surface area contributed by atoms with Gasteiger partial charge in [-0.1, -0.05) is 13.3 Å². The summed E-state index contributed by atoms with van der Waals surface area (Å²) in [6, 6.07) is 0.428. The Balaban J connectivity index is 2.30. The molecule has 1 rings (SSSR count). The zero-order valence-corrected chi connectivity index (χ0v) is 5.98. The van der Waals surface area contributed by atoms with Gasteiger partial charge in [-0.15, -0.1) is 0 Å². The number of nitrogens with one attached hydrogen (secondary N) is 1. The molecule has 0 spiro atoms. The van der Waals surface area contributed by atoms with E-state index >= 15 is 0 Å². The molecule has 1 heterocycles. The average molecular weight is 127 g/mol. The summed E-state index contributed by atoms with van der Waals surface area (Å²) in [5.74, 6) is 0.555. The summed E-state index contributed by atoms with van der Waals surface area (Å²) in [7, 11) is 0. The first-order valence-corrected chi connectivity index (χ1v) is 3.56. The van der Waals surface area contributed by atoms with Gasteiger partial charge in [0.05, 0.1) is 5.92 Å². The van der Waals surface area contributed by atoms with Gasteiger partial charge in [-0.05, 0) is 13.3 Å². The van der Waals surface area contributed by atoms with Crippen LogP contribution in [0.1, 0.15) is 26.7 Å². The Bertz CT molecular complexity index is 122. The second-order valence-electron chi connectivity index (χ2n) is 2.69. The topological polar surface area (TPSA) is 29.1 Å². The van der Waals surface area contributed by atoms with Crippen molar-refractivity contribution in [3.8, 4) is 0 Å². The van der Waals surface area contributed by atoms with Gasteiger partial charge < -0.3 is 5.32 Å². The Kier molecular flexibility index (Phi) is 1.74. The van der Waals surface area contributed by atoms with Crippen LogP contribution < -0.4 is 5.32 Å². The van der Waals surface area contributed by atoms with Crippen molar-refractivity contribution in [1.82, 2.24) is 5.32 Å². The molecule has 0 aromatic carbocycles. The molecule has 1 aliphatic rings. The van der Waals surface area contributed by atoms with E-state index in [9.17, 15) is 4.79 Å². The molecular weight excluding hydrogens is 114 g/mol. The van der Waals surface area contributed by atoms with Crippen molar-refractivity contribution in [2.24, 2.45) is 5.92 Å². The van der Waals surface area contributed by atoms with E-state index in [1.807, 2.05) is 0 Å². The smallest absolute Gasteiger partial charge is 0.225 e. The predicted octanol–water partition coefficient (Wildman–Crippen LogP) is 0.921. The highest BCUT2D eigenvalue weighted by molar-refractivity contribution is 5.85. The van der Waals surface area contributed by atoms with Crippen molar-refractivity contribution in [2.45, 2.75) is 32.7 Å². The van der Waals surface area contributed by atoms with Gasteiger partial charge in [-0.3, -0.25) is 4.79 Å². The number of rotatable bonds is 2. The molecule has 52 valence electrons. The molecule has 1 fully saturated rings. The summed E-state index contributed by atoms with van der Waals surface area (Å²) in [6.07, 6.45) is 2.16. The number of carbonyl (C=O) groups is 1. The molecule has 1 aliphatic heterocycles. The van der Waals surface area contributed by atoms with Gasteiger partial charge in [-0.25, -0.2) is 0 Å². The molecule has 1 saturated heterocycles. The predicted molar refractivity (Wildman–Crippen MR) is 36.0 cm³/mol. The highest BCUT2D eigenvalue weighted by atomic mass is 16.2. The average Bonchev–Trinajstić information content (AvgIpc) is 1.84. The van der Waals surface area contributed by atoms with Crippen LogP contribution in [0.4, 0.5) is 0 Å². The lowest BCUT2D eigenvalue weighted by molar-refractivity contribution is -0.134. The van der Waals surface area contributed by atoms with Crippen LogP contribution in [0.15, 0.2) is 0 Å². The molecule has 0 saturated carbocycles. The lowest BCUT2D eigenvalue weighted by atomic mass is 9.88. The van der Waals surface area contributed by atoms with E-state index in [1.165, 1.54) is 0 Å². The summed E-state index contributed by atoms with van der Waals surface area (Å²) in [5, 5.41) is 2.80. The SMILES string of the molecule is CCC[C@H]1C(=O)N[C@H]1C. The fraction of sp³-hybridized carbons (Fsp3) is 0.857. The van der Waals surface area contributed by atoms with Crippen LogP contribution in [0.2, 0.25) is 0 Å². The van der Waals surface area contributed by atoms with Crippen LogP contribution in [-0.4, -0.2) is 11.9 Å². The van der Waals surface area contributed by atoms with E-state index in [1.54, 1.807) is 0 Å². The van der Waals surface area contributed by atoms with E-state index in [2.05, 4.69) is 19.2 Å². The maximum Gasteiger partial charge on any atom is 0.225 e. The molecular formula is C7H13NO. The fourth-order valence-corrected chi connectivity index (χ4v) is 1.25. The standard InChI is InChI=1S/C7H13NO/c1-3-4-6-5(2)8-7(6)9/h5-6H,3-4H2,1-2H3,(H,8,9)/t5-,6+/m0/s1. The normalized spacial score (nSPS) is 33.3. The van der Waals surface area contributed by atoms with Crippen LogP contribution in [0, 0.1) is 5.92 Å². The van der Waals surface area contributed by atoms with E-state index in [0.29, 0.717) is 12.0 Å². The third kappa shape index (κ3) is 1.07. The highest BCUT2D eigenvalue weighted by Gasteiger charge is 2.34. The quantitative estimate of drug-likeness (QED) is 0.549. The molecule has 1 amide bonds. The van der Waals surface area contributed by atoms with Crippen LogP contribution in [-0.2, 0) is 4.79 Å². The first-order chi connectivity index (χ1) is 4.25. The van der Waals surface area contributed by atoms with Gasteiger partial charge in [0.25, 0.3) is 0 Å². The Morgan fingerprint density at radius 2 is 2.33 bits per heavy atom. The summed E-state index contributed by atoms with van der Waals surface area (Å²) in [5.41, 5.74) is 0. The van der Waals surface area contributed by atoms with Crippen LogP contribution >= 0.6 is 0 Å². The van der Waals surface area contributed by atoms with Gasteiger partial charge in [0.15, 0.2) is 0 Å². The van der Waals surface area contributed by atoms with Gasteiger partial charge >= 0.3 is 0 Å². The molecule has 2 atom stereocenters. The minimum atomic E-state index is 0.240. The molecule has 2 nitrogen and oxygen atoms in total. The Labute approximate surface area is 55.6 Å². The molecule has 0 unspecified atom stereocenters. The minimum absolute atomic E-state index is 0.240. The lowest BCUT2D eigenvalue weighted by Gasteiger charge is -2.33. The van der Waals surface area contributed by atoms with Gasteiger partial charge in [0.2, 0.25) is 5.91 Å². The van der Waals surface area contributed by atoms with Crippen molar-refractivity contribution < 1.29 is 4.79 Å². The van der Waals surface area contributed by atoms with E-state index in [0.717, 1.165) is 12.8 Å². The lowest BCUT2D eigenvalue weighted by Crippen LogP contribution is -2.56. The Morgan fingerprint density at radius 3 is 2.56 bits per heavy atom. The first kappa shape index (κ1) is 6.59. The van der Waals surface area contributed by atoms with Crippen molar-refractivity contribution >= 4 is 5.91 Å². The monoisotopic (exact) mass is 127 g/mol. The minimum Gasteiger partial charge on any atom is -0.353 e. The van der Waals surface area contributed by atoms with Gasteiger partial charge in [0, 0.05) is 6.04 Å². The van der Waals surface area contributed by atoms with E-state index in [4.69, 9.17) is 0 Å². The summed E-state index contributed by atoms with van der Waals surface area (Å²) < 4.78 is 0. The molecule has 1 N–H and O–H groups in total. The first-order valence-electron chi connectivity index (χ1n) is 3.56. The van der Waals surface area contributed by atoms with Crippen molar-refractivity contribution in [1.29, 1.82) is 0 Å². The number of amides is 1. The summed E-state index contributed by atoms with van der Waals surface area (Å²) in [4.78, 5) is 10.7. The van der Waals surface area contributed by atoms with Gasteiger partial charge in [0.1, 0.15) is 0 Å². The van der Waals surface area contributed by atoms with Crippen molar-refractivity contribution in [3.05, 3.63) is 0 Å². The maximum atomic E-state index is 10.7. The molecule has 0 aromatic heterocycles. The summed E-state index contributed by atoms with van der Waals surface area (Å²) in [6.45, 7) is 4.17. The highest BCUT2D eigenvalue weighted by Crippen LogP contribution is 2.19. The molecule has 0 aliphatic carbocycles. The third-order valence-corrected chi connectivity index (χ3v) is 1.91. The molecule has 0 bridgehead atoms. The van der Waals surface area contributed by atoms with E-state index < -0.39 is 0 Å². The van der Waals surface area contributed by atoms with Crippen LogP contribution in [0.3, 0.4) is 0 Å². The zero-order chi connectivity index (χ0) is 6.85. The van der Waals surface area contributed by atoms with Crippen molar-refractivity contribution in [3.63, 3.8) is 0 Å². The molecule has 0 radical (unpaired) electrons. The number of β-lactam (4-membered cyclic amide) rings is 1. The third-order valence-electron chi connectivity index (χ3n) is 1.91. The number of hydrogen-bond donors (Lipinski definition) is 1. The number of carbonyl (C=O) groups excluding carboxylic acids is 1.